The van der Waals surface area contributed by atoms with Crippen LogP contribution in [-0.4, -0.2) is 64.4 Å². The molecule has 120 valence electrons. The van der Waals surface area contributed by atoms with E-state index in [0.29, 0.717) is 11.4 Å². The number of benzene rings is 1. The summed E-state index contributed by atoms with van der Waals surface area (Å²) < 4.78 is 0. The SMILES string of the molecule is CCN1CCN(CCC(O)c2cc3cn[nH]c3cc2Cl)CC1. The van der Waals surface area contributed by atoms with Gasteiger partial charge >= 0.3 is 0 Å². The van der Waals surface area contributed by atoms with Crippen molar-refractivity contribution in [1.29, 1.82) is 0 Å². The molecule has 5 nitrogen and oxygen atoms in total. The van der Waals surface area contributed by atoms with Crippen LogP contribution in [0.15, 0.2) is 18.3 Å². The molecule has 2 aromatic rings. The Kier molecular flexibility index (Phi) is 4.98. The van der Waals surface area contributed by atoms with Crippen LogP contribution in [0.2, 0.25) is 5.02 Å². The molecular formula is C16H23ClN4O. The van der Waals surface area contributed by atoms with Gasteiger partial charge in [-0.3, -0.25) is 5.10 Å². The highest BCUT2D eigenvalue weighted by Crippen LogP contribution is 2.29. The molecule has 3 rings (SSSR count). The molecule has 1 unspecified atom stereocenters. The fraction of sp³-hybridized carbons (Fsp3) is 0.562. The van der Waals surface area contributed by atoms with Gasteiger partial charge in [0.05, 0.1) is 17.8 Å². The Morgan fingerprint density at radius 3 is 2.73 bits per heavy atom. The first-order valence-electron chi connectivity index (χ1n) is 7.92. The van der Waals surface area contributed by atoms with E-state index in [2.05, 4.69) is 26.9 Å². The number of aromatic nitrogens is 2. The maximum Gasteiger partial charge on any atom is 0.0816 e. The van der Waals surface area contributed by atoms with Crippen LogP contribution in [0.5, 0.6) is 0 Å². The standard InChI is InChI=1S/C16H23ClN4O/c1-2-20-5-7-21(8-6-20)4-3-16(22)13-9-12-11-18-19-15(12)10-14(13)17/h9-11,16,22H,2-8H2,1H3,(H,18,19). The van der Waals surface area contributed by atoms with Crippen LogP contribution in [0, 0.1) is 0 Å². The summed E-state index contributed by atoms with van der Waals surface area (Å²) in [5.74, 6) is 0. The van der Waals surface area contributed by atoms with Crippen molar-refractivity contribution in [3.8, 4) is 0 Å². The van der Waals surface area contributed by atoms with E-state index in [0.717, 1.165) is 55.7 Å². The number of likely N-dealkylation sites (N-methyl/N-ethyl adjacent to an activating group) is 1. The molecule has 0 spiro atoms. The van der Waals surface area contributed by atoms with Crippen LogP contribution in [-0.2, 0) is 0 Å². The lowest BCUT2D eigenvalue weighted by Crippen LogP contribution is -2.46. The van der Waals surface area contributed by atoms with E-state index in [1.165, 1.54) is 0 Å². The van der Waals surface area contributed by atoms with Gasteiger partial charge in [0.15, 0.2) is 0 Å². The fourth-order valence-corrected chi connectivity index (χ4v) is 3.32. The predicted octanol–water partition coefficient (Wildman–Crippen LogP) is 2.28. The highest BCUT2D eigenvalue weighted by Gasteiger charge is 2.18. The molecule has 0 radical (unpaired) electrons. The van der Waals surface area contributed by atoms with E-state index in [1.807, 2.05) is 12.1 Å². The van der Waals surface area contributed by atoms with E-state index >= 15 is 0 Å². The number of piperazine rings is 1. The zero-order chi connectivity index (χ0) is 15.5. The number of nitrogens with zero attached hydrogens (tertiary/aromatic N) is 3. The summed E-state index contributed by atoms with van der Waals surface area (Å²) in [6, 6.07) is 3.77. The summed E-state index contributed by atoms with van der Waals surface area (Å²) in [6.45, 7) is 8.62. The summed E-state index contributed by atoms with van der Waals surface area (Å²) in [6.07, 6.45) is 1.93. The third-order valence-electron chi connectivity index (χ3n) is 4.55. The number of hydrogen-bond acceptors (Lipinski definition) is 4. The van der Waals surface area contributed by atoms with E-state index in [-0.39, 0.29) is 0 Å². The highest BCUT2D eigenvalue weighted by molar-refractivity contribution is 6.32. The second kappa shape index (κ2) is 6.96. The largest absolute Gasteiger partial charge is 0.388 e. The third-order valence-corrected chi connectivity index (χ3v) is 4.87. The number of hydrogen-bond donors (Lipinski definition) is 2. The maximum absolute atomic E-state index is 10.5. The highest BCUT2D eigenvalue weighted by atomic mass is 35.5. The molecule has 2 N–H and O–H groups in total. The van der Waals surface area contributed by atoms with Gasteiger partial charge in [-0.05, 0) is 30.7 Å². The molecule has 1 aliphatic rings. The van der Waals surface area contributed by atoms with E-state index in [1.54, 1.807) is 6.20 Å². The van der Waals surface area contributed by atoms with Crippen LogP contribution < -0.4 is 0 Å². The number of halogens is 1. The predicted molar refractivity (Wildman–Crippen MR) is 89.2 cm³/mol. The first-order chi connectivity index (χ1) is 10.7. The Bertz CT molecular complexity index is 622. The first-order valence-corrected chi connectivity index (χ1v) is 8.30. The van der Waals surface area contributed by atoms with Gasteiger partial charge in [-0.25, -0.2) is 0 Å². The van der Waals surface area contributed by atoms with Crippen molar-refractivity contribution in [3.05, 3.63) is 28.9 Å². The molecule has 1 aromatic heterocycles. The van der Waals surface area contributed by atoms with Crippen molar-refractivity contribution in [2.45, 2.75) is 19.4 Å². The van der Waals surface area contributed by atoms with Crippen molar-refractivity contribution < 1.29 is 5.11 Å². The van der Waals surface area contributed by atoms with Gasteiger partial charge in [0.1, 0.15) is 0 Å². The van der Waals surface area contributed by atoms with Crippen molar-refractivity contribution in [3.63, 3.8) is 0 Å². The van der Waals surface area contributed by atoms with Crippen LogP contribution >= 0.6 is 11.6 Å². The Labute approximate surface area is 135 Å². The zero-order valence-electron chi connectivity index (χ0n) is 12.9. The minimum absolute atomic E-state index is 0.531. The van der Waals surface area contributed by atoms with Gasteiger partial charge in [-0.15, -0.1) is 0 Å². The topological polar surface area (TPSA) is 55.4 Å². The molecule has 0 amide bonds. The first kappa shape index (κ1) is 15.7. The molecule has 1 saturated heterocycles. The smallest absolute Gasteiger partial charge is 0.0816 e. The van der Waals surface area contributed by atoms with Gasteiger partial charge < -0.3 is 14.9 Å². The van der Waals surface area contributed by atoms with Crippen molar-refractivity contribution >= 4 is 22.5 Å². The fourth-order valence-electron chi connectivity index (χ4n) is 3.03. The number of aliphatic hydroxyl groups excluding tert-OH is 1. The number of aromatic amines is 1. The van der Waals surface area contributed by atoms with Gasteiger partial charge in [0.25, 0.3) is 0 Å². The van der Waals surface area contributed by atoms with Crippen LogP contribution in [0.1, 0.15) is 25.0 Å². The van der Waals surface area contributed by atoms with E-state index < -0.39 is 6.10 Å². The second-order valence-electron chi connectivity index (χ2n) is 5.91. The molecule has 0 bridgehead atoms. The van der Waals surface area contributed by atoms with E-state index in [9.17, 15) is 5.11 Å². The lowest BCUT2D eigenvalue weighted by atomic mass is 10.0. The quantitative estimate of drug-likeness (QED) is 0.886. The lowest BCUT2D eigenvalue weighted by molar-refractivity contribution is 0.105. The number of aliphatic hydroxyl groups is 1. The molecule has 6 heteroatoms. The molecule has 0 aliphatic carbocycles. The Hall–Kier alpha value is -1.14. The second-order valence-corrected chi connectivity index (χ2v) is 6.32. The third kappa shape index (κ3) is 3.43. The van der Waals surface area contributed by atoms with Gasteiger partial charge in [0.2, 0.25) is 0 Å². The average Bonchev–Trinajstić information content (AvgIpc) is 2.99. The summed E-state index contributed by atoms with van der Waals surface area (Å²) >= 11 is 6.29. The molecule has 1 fully saturated rings. The van der Waals surface area contributed by atoms with Crippen molar-refractivity contribution in [2.24, 2.45) is 0 Å². The lowest BCUT2D eigenvalue weighted by Gasteiger charge is -2.34. The van der Waals surface area contributed by atoms with Gasteiger partial charge in [0, 0.05) is 43.1 Å². The normalized spacial score (nSPS) is 18.9. The molecule has 1 aromatic carbocycles. The number of H-pyrrole nitrogens is 1. The summed E-state index contributed by atoms with van der Waals surface area (Å²) in [5, 5.41) is 18.9. The molecule has 22 heavy (non-hydrogen) atoms. The monoisotopic (exact) mass is 322 g/mol. The summed E-state index contributed by atoms with van der Waals surface area (Å²) in [4.78, 5) is 4.87. The number of fused-ring (bicyclic) bond motifs is 1. The van der Waals surface area contributed by atoms with E-state index in [4.69, 9.17) is 11.6 Å². The molecule has 1 aliphatic heterocycles. The minimum atomic E-state index is -0.531. The Morgan fingerprint density at radius 1 is 1.27 bits per heavy atom. The number of rotatable bonds is 5. The average molecular weight is 323 g/mol. The van der Waals surface area contributed by atoms with Crippen molar-refractivity contribution in [2.75, 3.05) is 39.3 Å². The summed E-state index contributed by atoms with van der Waals surface area (Å²) in [7, 11) is 0. The van der Waals surface area contributed by atoms with Gasteiger partial charge in [-0.2, -0.15) is 5.10 Å². The number of nitrogens with one attached hydrogen (secondary N) is 1. The van der Waals surface area contributed by atoms with Crippen LogP contribution in [0.25, 0.3) is 10.9 Å². The minimum Gasteiger partial charge on any atom is -0.388 e. The Morgan fingerprint density at radius 2 is 2.00 bits per heavy atom. The Balaban J connectivity index is 1.59. The molecule has 1 atom stereocenters. The van der Waals surface area contributed by atoms with Crippen molar-refractivity contribution in [1.82, 2.24) is 20.0 Å². The molecule has 0 saturated carbocycles. The summed E-state index contributed by atoms with van der Waals surface area (Å²) in [5.41, 5.74) is 1.69. The van der Waals surface area contributed by atoms with Gasteiger partial charge in [-0.1, -0.05) is 18.5 Å². The maximum atomic E-state index is 10.5. The van der Waals surface area contributed by atoms with Crippen LogP contribution in [0.3, 0.4) is 0 Å². The molecule has 2 heterocycles. The van der Waals surface area contributed by atoms with Crippen LogP contribution in [0.4, 0.5) is 0 Å². The zero-order valence-corrected chi connectivity index (χ0v) is 13.7. The molecular weight excluding hydrogens is 300 g/mol.